The Morgan fingerprint density at radius 3 is 2.52 bits per heavy atom. The van der Waals surface area contributed by atoms with E-state index in [-0.39, 0.29) is 5.82 Å². The molecule has 1 heterocycles. The minimum atomic E-state index is -0.820. The predicted octanol–water partition coefficient (Wildman–Crippen LogP) is 5.41. The minimum absolute atomic E-state index is 0.331. The number of ether oxygens (including phenoxy) is 1. The third-order valence-electron chi connectivity index (χ3n) is 4.15. The molecule has 0 spiro atoms. The van der Waals surface area contributed by atoms with Crippen LogP contribution >= 0.6 is 11.6 Å². The van der Waals surface area contributed by atoms with Crippen LogP contribution in [0.25, 0.3) is 5.57 Å². The number of halogens is 2. The molecule has 0 unspecified atom stereocenters. The molecule has 0 aromatic heterocycles. The van der Waals surface area contributed by atoms with Gasteiger partial charge < -0.3 is 10.1 Å². The van der Waals surface area contributed by atoms with Crippen LogP contribution in [-0.2, 0) is 0 Å². The lowest BCUT2D eigenvalue weighted by Gasteiger charge is -2.35. The fourth-order valence-electron chi connectivity index (χ4n) is 3.06. The van der Waals surface area contributed by atoms with Crippen molar-refractivity contribution in [1.29, 1.82) is 5.26 Å². The van der Waals surface area contributed by atoms with Gasteiger partial charge in [-0.3, -0.25) is 0 Å². The molecule has 2 aromatic rings. The highest BCUT2D eigenvalue weighted by molar-refractivity contribution is 6.33. The molecule has 3 rings (SSSR count). The number of hydrogen-bond donors (Lipinski definition) is 1. The zero-order valence-electron chi connectivity index (χ0n) is 14.3. The van der Waals surface area contributed by atoms with E-state index in [1.54, 1.807) is 12.1 Å². The summed E-state index contributed by atoms with van der Waals surface area (Å²) in [4.78, 5) is 0. The Labute approximate surface area is 151 Å². The number of nitriles is 1. The first-order valence-corrected chi connectivity index (χ1v) is 8.42. The largest absolute Gasteiger partial charge is 0.482 e. The monoisotopic (exact) mass is 356 g/mol. The maximum Gasteiger partial charge on any atom is 0.139 e. The second-order valence-electron chi connectivity index (χ2n) is 6.34. The van der Waals surface area contributed by atoms with Crippen LogP contribution in [0.4, 0.5) is 10.1 Å². The van der Waals surface area contributed by atoms with E-state index in [1.807, 2.05) is 32.9 Å². The van der Waals surface area contributed by atoms with Crippen molar-refractivity contribution in [3.63, 3.8) is 0 Å². The molecule has 1 N–H and O–H groups in total. The van der Waals surface area contributed by atoms with Crippen molar-refractivity contribution in [3.8, 4) is 11.8 Å². The standard InChI is InChI=1S/C20H18ClFN2O/c1-4-24-14-9-16(21)19-17(10-14)25-20(2,3)15(11-23)18(19)12-5-7-13(22)8-6-12/h5-10,24H,4H2,1-3H3. The third-order valence-corrected chi connectivity index (χ3v) is 4.44. The SMILES string of the molecule is CCNc1cc(Cl)c2c(c1)OC(C)(C)C(C#N)=C2c1ccc(F)cc1. The van der Waals surface area contributed by atoms with Gasteiger partial charge in [0.2, 0.25) is 0 Å². The molecule has 1 aliphatic rings. The summed E-state index contributed by atoms with van der Waals surface area (Å²) < 4.78 is 19.4. The molecule has 3 nitrogen and oxygen atoms in total. The highest BCUT2D eigenvalue weighted by atomic mass is 35.5. The average molecular weight is 357 g/mol. The van der Waals surface area contributed by atoms with Gasteiger partial charge >= 0.3 is 0 Å². The molecular formula is C20H18ClFN2O. The van der Waals surface area contributed by atoms with Crippen LogP contribution in [0, 0.1) is 17.1 Å². The van der Waals surface area contributed by atoms with Gasteiger partial charge in [-0.05, 0) is 44.5 Å². The Morgan fingerprint density at radius 2 is 1.92 bits per heavy atom. The maximum atomic E-state index is 13.4. The molecule has 0 atom stereocenters. The molecule has 128 valence electrons. The molecule has 0 amide bonds. The van der Waals surface area contributed by atoms with Gasteiger partial charge in [0.15, 0.2) is 0 Å². The number of hydrogen-bond acceptors (Lipinski definition) is 3. The Hall–Kier alpha value is -2.51. The first kappa shape index (κ1) is 17.3. The van der Waals surface area contributed by atoms with Crippen molar-refractivity contribution in [1.82, 2.24) is 0 Å². The van der Waals surface area contributed by atoms with E-state index >= 15 is 0 Å². The summed E-state index contributed by atoms with van der Waals surface area (Å²) >= 11 is 6.54. The summed E-state index contributed by atoms with van der Waals surface area (Å²) in [7, 11) is 0. The van der Waals surface area contributed by atoms with Crippen LogP contribution in [0.15, 0.2) is 42.0 Å². The summed E-state index contributed by atoms with van der Waals surface area (Å²) in [5.74, 6) is 0.273. The quantitative estimate of drug-likeness (QED) is 0.800. The van der Waals surface area contributed by atoms with Crippen molar-refractivity contribution in [2.24, 2.45) is 0 Å². The van der Waals surface area contributed by atoms with Crippen molar-refractivity contribution in [2.75, 3.05) is 11.9 Å². The van der Waals surface area contributed by atoms with Gasteiger partial charge in [-0.15, -0.1) is 0 Å². The summed E-state index contributed by atoms with van der Waals surface area (Å²) in [5, 5.41) is 13.5. The first-order valence-electron chi connectivity index (χ1n) is 8.05. The second-order valence-corrected chi connectivity index (χ2v) is 6.75. The van der Waals surface area contributed by atoms with E-state index in [2.05, 4.69) is 11.4 Å². The minimum Gasteiger partial charge on any atom is -0.482 e. The number of anilines is 1. The van der Waals surface area contributed by atoms with Gasteiger partial charge in [0.05, 0.1) is 16.7 Å². The Morgan fingerprint density at radius 1 is 1.24 bits per heavy atom. The number of nitrogens with one attached hydrogen (secondary N) is 1. The summed E-state index contributed by atoms with van der Waals surface area (Å²) in [6, 6.07) is 12.0. The normalized spacial score (nSPS) is 15.2. The lowest BCUT2D eigenvalue weighted by molar-refractivity contribution is 0.150. The van der Waals surface area contributed by atoms with E-state index in [0.29, 0.717) is 27.5 Å². The van der Waals surface area contributed by atoms with Crippen molar-refractivity contribution in [3.05, 3.63) is 63.9 Å². The van der Waals surface area contributed by atoms with Crippen LogP contribution in [0.1, 0.15) is 31.9 Å². The third kappa shape index (κ3) is 3.08. The zero-order chi connectivity index (χ0) is 18.2. The highest BCUT2D eigenvalue weighted by Crippen LogP contribution is 2.47. The van der Waals surface area contributed by atoms with E-state index in [0.717, 1.165) is 17.8 Å². The molecule has 0 aliphatic carbocycles. The fraction of sp³-hybridized carbons (Fsp3) is 0.250. The lowest BCUT2D eigenvalue weighted by Crippen LogP contribution is -2.34. The number of fused-ring (bicyclic) bond motifs is 1. The maximum absolute atomic E-state index is 13.4. The molecule has 0 fully saturated rings. The molecule has 25 heavy (non-hydrogen) atoms. The van der Waals surface area contributed by atoms with Crippen molar-refractivity contribution < 1.29 is 9.13 Å². The van der Waals surface area contributed by atoms with Crippen LogP contribution < -0.4 is 10.1 Å². The van der Waals surface area contributed by atoms with Crippen molar-refractivity contribution >= 4 is 22.9 Å². The van der Waals surface area contributed by atoms with Crippen LogP contribution in [0.3, 0.4) is 0 Å². The first-order chi connectivity index (χ1) is 11.9. The molecule has 0 radical (unpaired) electrons. The molecule has 0 saturated heterocycles. The zero-order valence-corrected chi connectivity index (χ0v) is 15.0. The van der Waals surface area contributed by atoms with E-state index in [4.69, 9.17) is 16.3 Å². The van der Waals surface area contributed by atoms with Gasteiger partial charge in [-0.2, -0.15) is 5.26 Å². The number of nitrogens with zero attached hydrogens (tertiary/aromatic N) is 1. The van der Waals surface area contributed by atoms with Gasteiger partial charge in [0.25, 0.3) is 0 Å². The Kier molecular flexibility index (Phi) is 4.45. The van der Waals surface area contributed by atoms with Crippen LogP contribution in [-0.4, -0.2) is 12.1 Å². The average Bonchev–Trinajstić information content (AvgIpc) is 2.53. The Bertz CT molecular complexity index is 895. The van der Waals surface area contributed by atoms with Crippen molar-refractivity contribution in [2.45, 2.75) is 26.4 Å². The summed E-state index contributed by atoms with van der Waals surface area (Å²) in [5.41, 5.74) is 2.56. The van der Waals surface area contributed by atoms with Gasteiger partial charge in [0.1, 0.15) is 17.2 Å². The van der Waals surface area contributed by atoms with Crippen LogP contribution in [0.5, 0.6) is 5.75 Å². The molecule has 0 saturated carbocycles. The van der Waals surface area contributed by atoms with E-state index < -0.39 is 5.60 Å². The smallest absolute Gasteiger partial charge is 0.139 e. The Balaban J connectivity index is 2.31. The van der Waals surface area contributed by atoms with E-state index in [9.17, 15) is 9.65 Å². The predicted molar refractivity (Wildman–Crippen MR) is 98.4 cm³/mol. The number of benzene rings is 2. The molecule has 0 bridgehead atoms. The fourth-order valence-corrected chi connectivity index (χ4v) is 3.36. The molecule has 2 aromatic carbocycles. The summed E-state index contributed by atoms with van der Waals surface area (Å²) in [6.07, 6.45) is 0. The van der Waals surface area contributed by atoms with Gasteiger partial charge in [-0.1, -0.05) is 23.7 Å². The number of rotatable bonds is 3. The molecule has 5 heteroatoms. The van der Waals surface area contributed by atoms with Crippen LogP contribution in [0.2, 0.25) is 5.02 Å². The topological polar surface area (TPSA) is 45.0 Å². The highest BCUT2D eigenvalue weighted by Gasteiger charge is 2.37. The van der Waals surface area contributed by atoms with Gasteiger partial charge in [0, 0.05) is 29.4 Å². The lowest BCUT2D eigenvalue weighted by atomic mass is 9.83. The summed E-state index contributed by atoms with van der Waals surface area (Å²) in [6.45, 7) is 6.43. The molecule has 1 aliphatic heterocycles. The van der Waals surface area contributed by atoms with E-state index in [1.165, 1.54) is 12.1 Å². The van der Waals surface area contributed by atoms with Gasteiger partial charge in [-0.25, -0.2) is 4.39 Å². The second kappa shape index (κ2) is 6.42. The molecular weight excluding hydrogens is 339 g/mol.